The van der Waals surface area contributed by atoms with Crippen LogP contribution < -0.4 is 5.32 Å². The molecule has 5 nitrogen and oxygen atoms in total. The molecule has 148 valence electrons. The number of carbonyl (C=O) groups is 2. The molecule has 2 bridgehead atoms. The van der Waals surface area contributed by atoms with Gasteiger partial charge in [0.1, 0.15) is 0 Å². The summed E-state index contributed by atoms with van der Waals surface area (Å²) in [5.41, 5.74) is 4.82. The Balaban J connectivity index is 1.42. The Hall–Kier alpha value is -3.21. The van der Waals surface area contributed by atoms with Crippen LogP contribution in [-0.4, -0.2) is 31.7 Å². The number of esters is 1. The fourth-order valence-electron chi connectivity index (χ4n) is 3.80. The zero-order chi connectivity index (χ0) is 20.2. The number of nitrogens with one attached hydrogen (secondary N) is 1. The Bertz CT molecular complexity index is 970. The van der Waals surface area contributed by atoms with Crippen LogP contribution in [0.25, 0.3) is 0 Å². The molecule has 5 heteroatoms. The first kappa shape index (κ1) is 19.1. The molecule has 4 aliphatic rings. The van der Waals surface area contributed by atoms with Gasteiger partial charge in [0.2, 0.25) is 5.91 Å². The maximum Gasteiger partial charge on any atom is 0.337 e. The van der Waals surface area contributed by atoms with Crippen molar-refractivity contribution in [2.45, 2.75) is 19.3 Å². The first-order valence-electron chi connectivity index (χ1n) is 9.88. The molecule has 1 saturated carbocycles. The monoisotopic (exact) mass is 388 g/mol. The first-order valence-corrected chi connectivity index (χ1v) is 9.88. The Morgan fingerprint density at radius 3 is 2.86 bits per heavy atom. The van der Waals surface area contributed by atoms with E-state index in [1.807, 2.05) is 42.7 Å². The van der Waals surface area contributed by atoms with E-state index in [2.05, 4.69) is 16.4 Å². The van der Waals surface area contributed by atoms with E-state index >= 15 is 0 Å². The van der Waals surface area contributed by atoms with E-state index in [0.29, 0.717) is 12.1 Å². The summed E-state index contributed by atoms with van der Waals surface area (Å²) >= 11 is 0. The van der Waals surface area contributed by atoms with Crippen LogP contribution in [-0.2, 0) is 14.3 Å². The van der Waals surface area contributed by atoms with E-state index < -0.39 is 0 Å². The van der Waals surface area contributed by atoms with Crippen molar-refractivity contribution < 1.29 is 14.3 Å². The molecule has 0 spiro atoms. The summed E-state index contributed by atoms with van der Waals surface area (Å²) in [6.07, 6.45) is 21.9. The van der Waals surface area contributed by atoms with E-state index in [1.165, 1.54) is 12.7 Å². The van der Waals surface area contributed by atoms with E-state index in [4.69, 9.17) is 4.74 Å². The van der Waals surface area contributed by atoms with Gasteiger partial charge in [0, 0.05) is 17.8 Å². The van der Waals surface area contributed by atoms with Gasteiger partial charge in [-0.3, -0.25) is 9.79 Å². The van der Waals surface area contributed by atoms with Gasteiger partial charge in [0.15, 0.2) is 0 Å². The van der Waals surface area contributed by atoms with Crippen molar-refractivity contribution in [1.82, 2.24) is 5.32 Å². The number of carbonyl (C=O) groups excluding carboxylic acids is 2. The number of nitrogens with zero attached hydrogens (tertiary/aromatic N) is 1. The van der Waals surface area contributed by atoms with Crippen molar-refractivity contribution in [3.63, 3.8) is 0 Å². The smallest absolute Gasteiger partial charge is 0.337 e. The number of aliphatic imine (C=N–C) groups is 1. The Morgan fingerprint density at radius 2 is 2.00 bits per heavy atom. The minimum Gasteiger partial charge on any atom is -0.465 e. The molecule has 0 unspecified atom stereocenters. The summed E-state index contributed by atoms with van der Waals surface area (Å²) in [5.74, 6) is -0.0994. The van der Waals surface area contributed by atoms with Crippen molar-refractivity contribution in [1.29, 1.82) is 0 Å². The van der Waals surface area contributed by atoms with Gasteiger partial charge in [-0.2, -0.15) is 0 Å². The van der Waals surface area contributed by atoms with Crippen LogP contribution in [0.15, 0.2) is 87.7 Å². The third-order valence-corrected chi connectivity index (χ3v) is 5.45. The second-order valence-corrected chi connectivity index (χ2v) is 7.56. The highest BCUT2D eigenvalue weighted by Gasteiger charge is 2.44. The maximum absolute atomic E-state index is 12.8. The van der Waals surface area contributed by atoms with Crippen LogP contribution in [0.5, 0.6) is 0 Å². The molecule has 4 rings (SSSR count). The molecule has 1 fully saturated rings. The highest BCUT2D eigenvalue weighted by Crippen LogP contribution is 2.46. The number of hydrogen-bond acceptors (Lipinski definition) is 4. The van der Waals surface area contributed by atoms with Crippen LogP contribution in [0.1, 0.15) is 19.3 Å². The van der Waals surface area contributed by atoms with Crippen molar-refractivity contribution in [3.8, 4) is 0 Å². The SMILES string of the molecule is COC(=O)C1=CC=C([C@@H]2C[C@H]2C(=O)NC2=CC=C3C=NC/C=C\C(=C2)C3)CC=C1. The third-order valence-electron chi connectivity index (χ3n) is 5.45. The number of hydrogen-bond donors (Lipinski definition) is 1. The molecule has 1 heterocycles. The quantitative estimate of drug-likeness (QED) is 0.750. The lowest BCUT2D eigenvalue weighted by atomic mass is 10.0. The van der Waals surface area contributed by atoms with Gasteiger partial charge in [0.05, 0.1) is 19.2 Å². The molecule has 3 aliphatic carbocycles. The molecule has 0 aromatic rings. The average molecular weight is 388 g/mol. The molecule has 1 N–H and O–H groups in total. The molecule has 0 saturated heterocycles. The first-order chi connectivity index (χ1) is 14.1. The standard InChI is InChI=1S/C24H24N2O3/c1-29-24(28)19-6-2-5-18(8-9-19)21-14-22(21)23(27)26-20-10-7-17-12-16(13-20)4-3-11-25-15-17/h2-4,6-10,13,15,21-22H,5,11-12,14H2,1H3,(H,26,27)/b4-3-,25-15?/t21-,22+/m0/s1. The van der Waals surface area contributed by atoms with Gasteiger partial charge in [-0.05, 0) is 54.6 Å². The summed E-state index contributed by atoms with van der Waals surface area (Å²) in [4.78, 5) is 28.8. The number of rotatable bonds is 4. The van der Waals surface area contributed by atoms with Gasteiger partial charge in [0.25, 0.3) is 0 Å². The maximum atomic E-state index is 12.8. The summed E-state index contributed by atoms with van der Waals surface area (Å²) in [5, 5.41) is 3.08. The second-order valence-electron chi connectivity index (χ2n) is 7.56. The largest absolute Gasteiger partial charge is 0.465 e. The summed E-state index contributed by atoms with van der Waals surface area (Å²) in [6.45, 7) is 0.676. The fraction of sp³-hybridized carbons (Fsp3) is 0.292. The lowest BCUT2D eigenvalue weighted by molar-refractivity contribution is -0.135. The van der Waals surface area contributed by atoms with Crippen molar-refractivity contribution >= 4 is 18.1 Å². The normalized spacial score (nSPS) is 26.2. The predicted molar refractivity (Wildman–Crippen MR) is 113 cm³/mol. The number of methoxy groups -OCH3 is 1. The Kier molecular flexibility index (Phi) is 5.56. The Morgan fingerprint density at radius 1 is 1.10 bits per heavy atom. The van der Waals surface area contributed by atoms with Crippen molar-refractivity contribution in [2.24, 2.45) is 16.8 Å². The van der Waals surface area contributed by atoms with Gasteiger partial charge in [-0.1, -0.05) is 42.0 Å². The lowest BCUT2D eigenvalue weighted by Crippen LogP contribution is -2.24. The van der Waals surface area contributed by atoms with Crippen LogP contribution in [0.2, 0.25) is 0 Å². The van der Waals surface area contributed by atoms with Gasteiger partial charge < -0.3 is 10.1 Å². The van der Waals surface area contributed by atoms with E-state index in [-0.39, 0.29) is 23.7 Å². The molecule has 0 aromatic carbocycles. The second kappa shape index (κ2) is 8.43. The highest BCUT2D eigenvalue weighted by atomic mass is 16.5. The van der Waals surface area contributed by atoms with E-state index in [9.17, 15) is 9.59 Å². The summed E-state index contributed by atoms with van der Waals surface area (Å²) < 4.78 is 4.78. The summed E-state index contributed by atoms with van der Waals surface area (Å²) in [6, 6.07) is 0. The van der Waals surface area contributed by atoms with Gasteiger partial charge in [-0.25, -0.2) is 4.79 Å². The zero-order valence-corrected chi connectivity index (χ0v) is 16.4. The average Bonchev–Trinajstić information content (AvgIpc) is 3.51. The van der Waals surface area contributed by atoms with Crippen LogP contribution in [0, 0.1) is 11.8 Å². The van der Waals surface area contributed by atoms with Crippen LogP contribution >= 0.6 is 0 Å². The van der Waals surface area contributed by atoms with Crippen LogP contribution in [0.4, 0.5) is 0 Å². The number of allylic oxidation sites excluding steroid dienone is 10. The number of ether oxygens (including phenoxy) is 1. The minimum absolute atomic E-state index is 0.0278. The minimum atomic E-state index is -0.345. The number of fused-ring (bicyclic) bond motifs is 2. The van der Waals surface area contributed by atoms with Crippen molar-refractivity contribution in [2.75, 3.05) is 13.7 Å². The molecule has 2 atom stereocenters. The zero-order valence-electron chi connectivity index (χ0n) is 16.4. The molecule has 0 aromatic heterocycles. The molecule has 1 amide bonds. The topological polar surface area (TPSA) is 67.8 Å². The lowest BCUT2D eigenvalue weighted by Gasteiger charge is -2.08. The molecular weight excluding hydrogens is 364 g/mol. The van der Waals surface area contributed by atoms with Gasteiger partial charge in [-0.15, -0.1) is 0 Å². The van der Waals surface area contributed by atoms with Crippen molar-refractivity contribution in [3.05, 3.63) is 82.7 Å². The Labute approximate surface area is 170 Å². The fourth-order valence-corrected chi connectivity index (χ4v) is 3.80. The molecule has 0 radical (unpaired) electrons. The van der Waals surface area contributed by atoms with E-state index in [1.54, 1.807) is 12.2 Å². The molecule has 1 aliphatic heterocycles. The van der Waals surface area contributed by atoms with Crippen LogP contribution in [0.3, 0.4) is 0 Å². The molecular formula is C24H24N2O3. The molecule has 29 heavy (non-hydrogen) atoms. The van der Waals surface area contributed by atoms with E-state index in [0.717, 1.165) is 36.1 Å². The predicted octanol–water partition coefficient (Wildman–Crippen LogP) is 3.51. The third kappa shape index (κ3) is 4.62. The highest BCUT2D eigenvalue weighted by molar-refractivity contribution is 5.92. The summed E-state index contributed by atoms with van der Waals surface area (Å²) in [7, 11) is 1.38. The van der Waals surface area contributed by atoms with Gasteiger partial charge >= 0.3 is 5.97 Å². The number of amides is 1.